The molecule has 1 N–H and O–H groups in total. The Kier molecular flexibility index (Phi) is 6.79. The van der Waals surface area contributed by atoms with Gasteiger partial charge in [0.15, 0.2) is 0 Å². The topological polar surface area (TPSA) is 80.1 Å². The zero-order valence-electron chi connectivity index (χ0n) is 18.1. The van der Waals surface area contributed by atoms with E-state index in [-0.39, 0.29) is 18.4 Å². The predicted octanol–water partition coefficient (Wildman–Crippen LogP) is 3.49. The van der Waals surface area contributed by atoms with Crippen LogP contribution in [0.3, 0.4) is 0 Å². The molecule has 0 saturated carbocycles. The minimum atomic E-state index is -0.413. The highest BCUT2D eigenvalue weighted by Gasteiger charge is 2.23. The van der Waals surface area contributed by atoms with E-state index < -0.39 is 5.82 Å². The first-order valence-electron chi connectivity index (χ1n) is 10.2. The van der Waals surface area contributed by atoms with Gasteiger partial charge < -0.3 is 10.2 Å². The summed E-state index contributed by atoms with van der Waals surface area (Å²) in [4.78, 5) is 29.7. The number of aromatic nitrogens is 3. The lowest BCUT2D eigenvalue weighted by Crippen LogP contribution is -2.31. The predicted molar refractivity (Wildman–Crippen MR) is 117 cm³/mol. The number of rotatable bonds is 4. The second-order valence-electron chi connectivity index (χ2n) is 7.08. The maximum atomic E-state index is 14.8. The van der Waals surface area contributed by atoms with Gasteiger partial charge >= 0.3 is 0 Å². The number of hydrogen-bond donors (Lipinski definition) is 1. The third kappa shape index (κ3) is 4.79. The molecule has 4 rings (SSSR count). The van der Waals surface area contributed by atoms with Crippen molar-refractivity contribution in [2.75, 3.05) is 11.9 Å². The molecule has 2 aromatic heterocycles. The van der Waals surface area contributed by atoms with Gasteiger partial charge in [0, 0.05) is 62.5 Å². The third-order valence-electron chi connectivity index (χ3n) is 5.04. The molecule has 1 aromatic carbocycles. The van der Waals surface area contributed by atoms with Crippen LogP contribution in [0, 0.1) is 5.82 Å². The Balaban J connectivity index is 0.00000132. The first-order chi connectivity index (χ1) is 14.9. The van der Waals surface area contributed by atoms with Crippen LogP contribution in [0.5, 0.6) is 0 Å². The molecule has 3 aromatic rings. The van der Waals surface area contributed by atoms with E-state index >= 15 is 0 Å². The Morgan fingerprint density at radius 3 is 2.61 bits per heavy atom. The van der Waals surface area contributed by atoms with Crippen molar-refractivity contribution < 1.29 is 14.0 Å². The smallest absolute Gasteiger partial charge is 0.254 e. The Hall–Kier alpha value is -3.55. The van der Waals surface area contributed by atoms with Crippen LogP contribution in [0.2, 0.25) is 0 Å². The summed E-state index contributed by atoms with van der Waals surface area (Å²) < 4.78 is 16.3. The van der Waals surface area contributed by atoms with Gasteiger partial charge in [-0.25, -0.2) is 4.39 Å². The van der Waals surface area contributed by atoms with Gasteiger partial charge in [0.05, 0.1) is 11.8 Å². The maximum absolute atomic E-state index is 14.8. The maximum Gasteiger partial charge on any atom is 0.254 e. The number of carbonyl (C=O) groups excluding carboxylic acids is 2. The second kappa shape index (κ2) is 9.51. The number of halogens is 1. The van der Waals surface area contributed by atoms with Crippen molar-refractivity contribution in [2.45, 2.75) is 33.2 Å². The summed E-state index contributed by atoms with van der Waals surface area (Å²) in [7, 11) is 3.40. The molecule has 0 saturated heterocycles. The lowest BCUT2D eigenvalue weighted by atomic mass is 9.96. The molecule has 2 amide bonds. The monoisotopic (exact) mass is 423 g/mol. The van der Waals surface area contributed by atoms with E-state index in [1.807, 2.05) is 13.8 Å². The average molecular weight is 423 g/mol. The summed E-state index contributed by atoms with van der Waals surface area (Å²) >= 11 is 0. The van der Waals surface area contributed by atoms with Gasteiger partial charge in [0.1, 0.15) is 5.82 Å². The van der Waals surface area contributed by atoms with Crippen molar-refractivity contribution in [3.05, 3.63) is 65.5 Å². The van der Waals surface area contributed by atoms with E-state index in [1.54, 1.807) is 49.5 Å². The fourth-order valence-corrected chi connectivity index (χ4v) is 3.44. The fourth-order valence-electron chi connectivity index (χ4n) is 3.44. The number of amides is 2. The number of nitrogens with one attached hydrogen (secondary N) is 1. The van der Waals surface area contributed by atoms with Gasteiger partial charge in [-0.15, -0.1) is 0 Å². The number of hydrogen-bond acceptors (Lipinski definition) is 4. The molecule has 31 heavy (non-hydrogen) atoms. The highest BCUT2D eigenvalue weighted by Crippen LogP contribution is 2.33. The Labute approximate surface area is 180 Å². The molecule has 0 radical (unpaired) electrons. The van der Waals surface area contributed by atoms with Crippen molar-refractivity contribution >= 4 is 17.5 Å². The van der Waals surface area contributed by atoms with Crippen LogP contribution in [0.15, 0.2) is 43.0 Å². The van der Waals surface area contributed by atoms with E-state index in [2.05, 4.69) is 15.4 Å². The number of pyridine rings is 1. The van der Waals surface area contributed by atoms with Gasteiger partial charge in [0.25, 0.3) is 5.91 Å². The lowest BCUT2D eigenvalue weighted by molar-refractivity contribution is -0.118. The van der Waals surface area contributed by atoms with Crippen LogP contribution < -0.4 is 10.2 Å². The van der Waals surface area contributed by atoms with Crippen LogP contribution in [0.4, 0.5) is 10.1 Å². The second-order valence-corrected chi connectivity index (χ2v) is 7.08. The van der Waals surface area contributed by atoms with Crippen molar-refractivity contribution in [2.24, 2.45) is 7.05 Å². The van der Waals surface area contributed by atoms with Crippen molar-refractivity contribution in [1.29, 1.82) is 0 Å². The van der Waals surface area contributed by atoms with Crippen molar-refractivity contribution in [3.8, 4) is 11.1 Å². The van der Waals surface area contributed by atoms with Crippen molar-refractivity contribution in [1.82, 2.24) is 20.1 Å². The van der Waals surface area contributed by atoms with Crippen molar-refractivity contribution in [3.63, 3.8) is 0 Å². The largest absolute Gasteiger partial charge is 0.348 e. The van der Waals surface area contributed by atoms with Gasteiger partial charge in [-0.2, -0.15) is 5.10 Å². The molecule has 0 aliphatic carbocycles. The molecule has 0 fully saturated rings. The fraction of sp³-hybridized carbons (Fsp3) is 0.304. The van der Waals surface area contributed by atoms with Crippen LogP contribution in [0.25, 0.3) is 11.1 Å². The molecule has 0 unspecified atom stereocenters. The normalized spacial score (nSPS) is 12.7. The number of benzene rings is 1. The molecule has 0 atom stereocenters. The lowest BCUT2D eigenvalue weighted by Gasteiger charge is -2.26. The summed E-state index contributed by atoms with van der Waals surface area (Å²) in [6, 6.07) is 4.99. The summed E-state index contributed by atoms with van der Waals surface area (Å²) in [5, 5.41) is 6.79. The van der Waals surface area contributed by atoms with Gasteiger partial charge in [0.2, 0.25) is 5.91 Å². The quantitative estimate of drug-likeness (QED) is 0.697. The number of anilines is 1. The summed E-state index contributed by atoms with van der Waals surface area (Å²) in [6.07, 6.45) is 7.35. The standard InChI is InChI=1S/C21H20FN5O2.C2H6/c1-26-12-16(11-25-26)21(29)24-9-13-5-15(10-23-8-13)17-6-14-3-4-20(28)27(2)19(14)7-18(17)22;1-2/h5-8,10-12H,3-4,9H2,1-2H3,(H,24,29);1-2H3. The molecule has 7 nitrogen and oxygen atoms in total. The number of nitrogens with zero attached hydrogens (tertiary/aromatic N) is 4. The molecule has 8 heteroatoms. The van der Waals surface area contributed by atoms with E-state index in [4.69, 9.17) is 0 Å². The highest BCUT2D eigenvalue weighted by atomic mass is 19.1. The van der Waals surface area contributed by atoms with E-state index in [0.29, 0.717) is 35.2 Å². The highest BCUT2D eigenvalue weighted by molar-refractivity contribution is 5.96. The zero-order valence-corrected chi connectivity index (χ0v) is 18.1. The van der Waals surface area contributed by atoms with E-state index in [0.717, 1.165) is 11.1 Å². The molecular formula is C23H26FN5O2. The van der Waals surface area contributed by atoms with Gasteiger partial charge in [-0.3, -0.25) is 19.3 Å². The molecule has 1 aliphatic rings. The molecular weight excluding hydrogens is 397 g/mol. The Morgan fingerprint density at radius 2 is 1.90 bits per heavy atom. The summed E-state index contributed by atoms with van der Waals surface area (Å²) in [5.74, 6) is -0.669. The number of fused-ring (bicyclic) bond motifs is 1. The molecule has 3 heterocycles. The first-order valence-corrected chi connectivity index (χ1v) is 10.2. The molecule has 162 valence electrons. The van der Waals surface area contributed by atoms with E-state index in [9.17, 15) is 14.0 Å². The number of carbonyl (C=O) groups is 2. The van der Waals surface area contributed by atoms with Crippen LogP contribution >= 0.6 is 0 Å². The molecule has 1 aliphatic heterocycles. The van der Waals surface area contributed by atoms with Gasteiger partial charge in [-0.05, 0) is 35.7 Å². The third-order valence-corrected chi connectivity index (χ3v) is 5.04. The SMILES string of the molecule is CC.CN1C(=O)CCc2cc(-c3cncc(CNC(=O)c4cnn(C)c4)c3)c(F)cc21. The first kappa shape index (κ1) is 22.1. The Morgan fingerprint density at radius 1 is 1.13 bits per heavy atom. The van der Waals surface area contributed by atoms with Crippen LogP contribution in [-0.2, 0) is 24.8 Å². The minimum Gasteiger partial charge on any atom is -0.348 e. The Bertz CT molecular complexity index is 1110. The molecule has 0 spiro atoms. The average Bonchev–Trinajstić information content (AvgIpc) is 3.23. The summed E-state index contributed by atoms with van der Waals surface area (Å²) in [6.45, 7) is 4.26. The zero-order chi connectivity index (χ0) is 22.5. The van der Waals surface area contributed by atoms with Crippen LogP contribution in [-0.4, -0.2) is 33.6 Å². The van der Waals surface area contributed by atoms with E-state index in [1.165, 1.54) is 17.2 Å². The van der Waals surface area contributed by atoms with Crippen LogP contribution in [0.1, 0.15) is 41.8 Å². The number of aryl methyl sites for hydroxylation is 2. The van der Waals surface area contributed by atoms with Gasteiger partial charge in [-0.1, -0.05) is 13.8 Å². The summed E-state index contributed by atoms with van der Waals surface area (Å²) in [5.41, 5.74) is 3.81. The minimum absolute atomic E-state index is 0.0160. The molecule has 0 bridgehead atoms.